The van der Waals surface area contributed by atoms with Gasteiger partial charge in [0.2, 0.25) is 0 Å². The fraction of sp³-hybridized carbons (Fsp3) is 0.667. The van der Waals surface area contributed by atoms with Gasteiger partial charge in [-0.25, -0.2) is 0 Å². The van der Waals surface area contributed by atoms with Crippen molar-refractivity contribution in [3.63, 3.8) is 0 Å². The van der Waals surface area contributed by atoms with Crippen molar-refractivity contribution in [2.45, 2.75) is 96.8 Å². The Labute approximate surface area is 181 Å². The van der Waals surface area contributed by atoms with Crippen LogP contribution in [0.25, 0.3) is 0 Å². The number of ether oxygens (including phenoxy) is 2. The van der Waals surface area contributed by atoms with E-state index >= 15 is 0 Å². The molecule has 0 aliphatic heterocycles. The summed E-state index contributed by atoms with van der Waals surface area (Å²) >= 11 is 5.78. The van der Waals surface area contributed by atoms with Crippen LogP contribution in [-0.2, 0) is 14.3 Å². The summed E-state index contributed by atoms with van der Waals surface area (Å²) in [4.78, 5) is 23.5. The van der Waals surface area contributed by atoms with Crippen molar-refractivity contribution >= 4 is 23.5 Å². The molecule has 1 aromatic carbocycles. The third-order valence-electron chi connectivity index (χ3n) is 4.82. The van der Waals surface area contributed by atoms with Gasteiger partial charge in [0.15, 0.2) is 0 Å². The summed E-state index contributed by atoms with van der Waals surface area (Å²) in [7, 11) is 0. The molecule has 0 aliphatic carbocycles. The molecule has 0 aliphatic rings. The number of rotatable bonds is 17. The van der Waals surface area contributed by atoms with Crippen molar-refractivity contribution in [3.8, 4) is 5.75 Å². The molecule has 0 heterocycles. The van der Waals surface area contributed by atoms with E-state index in [1.54, 1.807) is 24.3 Å². The average molecular weight is 425 g/mol. The predicted octanol–water partition coefficient (Wildman–Crippen LogP) is 7.27. The highest BCUT2D eigenvalue weighted by Gasteiger charge is 2.08. The van der Waals surface area contributed by atoms with Crippen LogP contribution in [0.3, 0.4) is 0 Å². The van der Waals surface area contributed by atoms with Crippen molar-refractivity contribution in [1.82, 2.24) is 0 Å². The zero-order valence-corrected chi connectivity index (χ0v) is 18.7. The number of halogens is 1. The molecule has 0 saturated heterocycles. The molecule has 4 nitrogen and oxygen atoms in total. The summed E-state index contributed by atoms with van der Waals surface area (Å²) < 4.78 is 10.4. The summed E-state index contributed by atoms with van der Waals surface area (Å²) in [5.41, 5.74) is 0. The largest absolute Gasteiger partial charge is 0.466 e. The molecule has 0 unspecified atom stereocenters. The van der Waals surface area contributed by atoms with Crippen LogP contribution in [-0.4, -0.2) is 18.5 Å². The highest BCUT2D eigenvalue weighted by Crippen LogP contribution is 2.16. The average Bonchev–Trinajstić information content (AvgIpc) is 2.70. The molecule has 29 heavy (non-hydrogen) atoms. The van der Waals surface area contributed by atoms with Crippen molar-refractivity contribution in [3.05, 3.63) is 29.3 Å². The number of hydrogen-bond donors (Lipinski definition) is 0. The van der Waals surface area contributed by atoms with Gasteiger partial charge in [0.1, 0.15) is 5.75 Å². The fourth-order valence-corrected chi connectivity index (χ4v) is 3.21. The number of unbranched alkanes of at least 4 members (excludes halogenated alkanes) is 10. The van der Waals surface area contributed by atoms with E-state index in [1.807, 2.05) is 0 Å². The number of benzene rings is 1. The molecule has 164 valence electrons. The molecular weight excluding hydrogens is 388 g/mol. The minimum Gasteiger partial charge on any atom is -0.466 e. The van der Waals surface area contributed by atoms with Gasteiger partial charge in [-0.1, -0.05) is 82.7 Å². The molecule has 0 aromatic heterocycles. The first-order valence-electron chi connectivity index (χ1n) is 11.2. The molecule has 0 bridgehead atoms. The SMILES string of the molecule is CCCCCCCCCCCCCOC(=O)CCCC(=O)Oc1ccc(Cl)cc1. The zero-order valence-electron chi connectivity index (χ0n) is 17.9. The Morgan fingerprint density at radius 1 is 0.724 bits per heavy atom. The van der Waals surface area contributed by atoms with Crippen molar-refractivity contribution in [2.24, 2.45) is 0 Å². The minimum atomic E-state index is -0.356. The molecule has 0 N–H and O–H groups in total. The van der Waals surface area contributed by atoms with Gasteiger partial charge in [0, 0.05) is 17.9 Å². The van der Waals surface area contributed by atoms with Gasteiger partial charge in [0.05, 0.1) is 6.61 Å². The second kappa shape index (κ2) is 17.3. The Morgan fingerprint density at radius 2 is 1.24 bits per heavy atom. The van der Waals surface area contributed by atoms with Gasteiger partial charge in [-0.3, -0.25) is 9.59 Å². The maximum Gasteiger partial charge on any atom is 0.311 e. The van der Waals surface area contributed by atoms with E-state index < -0.39 is 0 Å². The van der Waals surface area contributed by atoms with Crippen LogP contribution in [0.15, 0.2) is 24.3 Å². The van der Waals surface area contributed by atoms with Crippen LogP contribution in [0, 0.1) is 0 Å². The molecule has 5 heteroatoms. The fourth-order valence-electron chi connectivity index (χ4n) is 3.09. The van der Waals surface area contributed by atoms with Crippen molar-refractivity contribution in [1.29, 1.82) is 0 Å². The normalized spacial score (nSPS) is 10.7. The lowest BCUT2D eigenvalue weighted by Crippen LogP contribution is -2.10. The van der Waals surface area contributed by atoms with E-state index in [0.29, 0.717) is 23.8 Å². The maximum absolute atomic E-state index is 11.7. The quantitative estimate of drug-likeness (QED) is 0.150. The Hall–Kier alpha value is -1.55. The summed E-state index contributed by atoms with van der Waals surface area (Å²) in [6.07, 6.45) is 14.8. The van der Waals surface area contributed by atoms with Crippen LogP contribution in [0.5, 0.6) is 5.75 Å². The lowest BCUT2D eigenvalue weighted by Gasteiger charge is -2.06. The zero-order chi connectivity index (χ0) is 21.2. The number of hydrogen-bond acceptors (Lipinski definition) is 4. The number of carbonyl (C=O) groups is 2. The first-order valence-corrected chi connectivity index (χ1v) is 11.6. The third-order valence-corrected chi connectivity index (χ3v) is 5.07. The van der Waals surface area contributed by atoms with E-state index in [4.69, 9.17) is 21.1 Å². The molecule has 1 rings (SSSR count). The highest BCUT2D eigenvalue weighted by molar-refractivity contribution is 6.30. The van der Waals surface area contributed by atoms with Crippen LogP contribution in [0.4, 0.5) is 0 Å². The Kier molecular flexibility index (Phi) is 15.2. The standard InChI is InChI=1S/C24H37ClO4/c1-2-3-4-5-6-7-8-9-10-11-12-20-28-23(26)14-13-15-24(27)29-22-18-16-21(25)17-19-22/h16-19H,2-15,20H2,1H3. The number of carbonyl (C=O) groups excluding carboxylic acids is 2. The van der Waals surface area contributed by atoms with Gasteiger partial charge in [-0.2, -0.15) is 0 Å². The van der Waals surface area contributed by atoms with E-state index in [1.165, 1.54) is 57.8 Å². The lowest BCUT2D eigenvalue weighted by molar-refractivity contribution is -0.144. The summed E-state index contributed by atoms with van der Waals surface area (Å²) in [5, 5.41) is 0.588. The molecule has 0 saturated carbocycles. The predicted molar refractivity (Wildman–Crippen MR) is 118 cm³/mol. The number of esters is 2. The molecular formula is C24H37ClO4. The van der Waals surface area contributed by atoms with Crippen LogP contribution >= 0.6 is 11.6 Å². The summed E-state index contributed by atoms with van der Waals surface area (Å²) in [6.45, 7) is 2.72. The van der Waals surface area contributed by atoms with E-state index in [2.05, 4.69) is 6.92 Å². The van der Waals surface area contributed by atoms with Crippen molar-refractivity contribution in [2.75, 3.05) is 6.61 Å². The Balaban J connectivity index is 1.89. The Bertz CT molecular complexity index is 557. The van der Waals surface area contributed by atoms with Gasteiger partial charge in [0.25, 0.3) is 0 Å². The van der Waals surface area contributed by atoms with Gasteiger partial charge >= 0.3 is 11.9 Å². The second-order valence-electron chi connectivity index (χ2n) is 7.54. The van der Waals surface area contributed by atoms with Gasteiger partial charge in [-0.15, -0.1) is 0 Å². The van der Waals surface area contributed by atoms with Crippen molar-refractivity contribution < 1.29 is 19.1 Å². The molecule has 0 fully saturated rings. The first kappa shape index (κ1) is 25.5. The molecule has 0 amide bonds. The van der Waals surface area contributed by atoms with E-state index in [0.717, 1.165) is 12.8 Å². The smallest absolute Gasteiger partial charge is 0.311 e. The molecule has 0 radical (unpaired) electrons. The molecule has 1 aromatic rings. The third kappa shape index (κ3) is 15.0. The summed E-state index contributed by atoms with van der Waals surface area (Å²) in [6, 6.07) is 6.61. The Morgan fingerprint density at radius 3 is 1.83 bits per heavy atom. The van der Waals surface area contributed by atoms with Crippen LogP contribution < -0.4 is 4.74 Å². The lowest BCUT2D eigenvalue weighted by atomic mass is 10.1. The topological polar surface area (TPSA) is 52.6 Å². The molecule has 0 spiro atoms. The molecule has 0 atom stereocenters. The second-order valence-corrected chi connectivity index (χ2v) is 7.97. The first-order chi connectivity index (χ1) is 14.1. The van der Waals surface area contributed by atoms with E-state index in [9.17, 15) is 9.59 Å². The summed E-state index contributed by atoms with van der Waals surface area (Å²) in [5.74, 6) is -0.139. The highest BCUT2D eigenvalue weighted by atomic mass is 35.5. The maximum atomic E-state index is 11.7. The minimum absolute atomic E-state index is 0.191. The van der Waals surface area contributed by atoms with Gasteiger partial charge in [-0.05, 0) is 37.1 Å². The van der Waals surface area contributed by atoms with Gasteiger partial charge < -0.3 is 9.47 Å². The van der Waals surface area contributed by atoms with Crippen LogP contribution in [0.1, 0.15) is 96.8 Å². The monoisotopic (exact) mass is 424 g/mol. The van der Waals surface area contributed by atoms with E-state index in [-0.39, 0.29) is 24.8 Å². The van der Waals surface area contributed by atoms with Crippen LogP contribution in [0.2, 0.25) is 5.02 Å².